The Bertz CT molecular complexity index is 1450. The van der Waals surface area contributed by atoms with E-state index >= 15 is 0 Å². The van der Waals surface area contributed by atoms with Crippen LogP contribution in [0.3, 0.4) is 0 Å². The number of furan rings is 1. The molecule has 0 fully saturated rings. The Balaban J connectivity index is 1.23. The highest BCUT2D eigenvalue weighted by Crippen LogP contribution is 2.25. The Morgan fingerprint density at radius 1 is 0.912 bits per heavy atom. The normalized spacial score (nSPS) is 14.0. The molecule has 0 unspecified atom stereocenters. The van der Waals surface area contributed by atoms with Gasteiger partial charge in [-0.2, -0.15) is 4.31 Å². The van der Waals surface area contributed by atoms with Crippen molar-refractivity contribution >= 4 is 32.7 Å². The second kappa shape index (κ2) is 8.89. The van der Waals surface area contributed by atoms with Crippen LogP contribution in [0.2, 0.25) is 0 Å². The smallest absolute Gasteiger partial charge is 0.338 e. The highest BCUT2D eigenvalue weighted by atomic mass is 32.2. The van der Waals surface area contributed by atoms with Crippen LogP contribution in [0.5, 0.6) is 0 Å². The Kier molecular flexibility index (Phi) is 5.77. The predicted molar refractivity (Wildman–Crippen MR) is 125 cm³/mol. The largest absolute Gasteiger partial charge is 0.454 e. The number of Topliss-reactive ketones (excluding diaryl/α,β-unsaturated/α-hetero) is 1. The van der Waals surface area contributed by atoms with Gasteiger partial charge in [-0.05, 0) is 53.9 Å². The van der Waals surface area contributed by atoms with Crippen molar-refractivity contribution in [3.8, 4) is 0 Å². The van der Waals surface area contributed by atoms with Gasteiger partial charge in [0.05, 0.1) is 10.5 Å². The zero-order valence-corrected chi connectivity index (χ0v) is 19.0. The summed E-state index contributed by atoms with van der Waals surface area (Å²) in [6.45, 7) is 0.227. The molecule has 0 saturated heterocycles. The minimum atomic E-state index is -3.71. The van der Waals surface area contributed by atoms with Gasteiger partial charge in [0, 0.05) is 18.5 Å². The van der Waals surface area contributed by atoms with Crippen molar-refractivity contribution in [3.63, 3.8) is 0 Å². The van der Waals surface area contributed by atoms with Gasteiger partial charge in [-0.25, -0.2) is 13.2 Å². The third-order valence-electron chi connectivity index (χ3n) is 5.86. The number of esters is 1. The number of carbonyl (C=O) groups is 2. The standard InChI is InChI=1S/C26H21NO6S/c28-23(25-15-20-6-3-4-8-24(20)33-25)17-32-26(29)19-9-11-22(12-10-19)34(30,31)27-14-13-18-5-1-2-7-21(18)16-27/h1-12,15H,13-14,16-17H2. The molecule has 2 heterocycles. The third-order valence-corrected chi connectivity index (χ3v) is 7.72. The summed E-state index contributed by atoms with van der Waals surface area (Å²) in [6.07, 6.45) is 0.652. The molecule has 5 rings (SSSR count). The molecule has 0 N–H and O–H groups in total. The highest BCUT2D eigenvalue weighted by Gasteiger charge is 2.28. The maximum absolute atomic E-state index is 13.1. The number of para-hydroxylation sites is 1. The molecule has 4 aromatic rings. The van der Waals surface area contributed by atoms with E-state index in [0.717, 1.165) is 16.5 Å². The van der Waals surface area contributed by atoms with Crippen molar-refractivity contribution < 1.29 is 27.2 Å². The van der Waals surface area contributed by atoms with Crippen molar-refractivity contribution in [2.24, 2.45) is 0 Å². The first-order chi connectivity index (χ1) is 16.4. The fourth-order valence-corrected chi connectivity index (χ4v) is 5.41. The zero-order chi connectivity index (χ0) is 23.7. The summed E-state index contributed by atoms with van der Waals surface area (Å²) in [4.78, 5) is 24.8. The lowest BCUT2D eigenvalue weighted by Gasteiger charge is -2.28. The molecule has 0 amide bonds. The molecule has 0 bridgehead atoms. The molecule has 172 valence electrons. The Labute approximate surface area is 196 Å². The number of ketones is 1. The summed E-state index contributed by atoms with van der Waals surface area (Å²) in [7, 11) is -3.71. The number of rotatable bonds is 6. The van der Waals surface area contributed by atoms with Crippen molar-refractivity contribution in [2.45, 2.75) is 17.9 Å². The van der Waals surface area contributed by atoms with E-state index in [-0.39, 0.29) is 16.2 Å². The number of nitrogens with zero attached hydrogens (tertiary/aromatic N) is 1. The van der Waals surface area contributed by atoms with Crippen LogP contribution in [0.1, 0.15) is 32.0 Å². The van der Waals surface area contributed by atoms with Gasteiger partial charge in [-0.1, -0.05) is 42.5 Å². The summed E-state index contributed by atoms with van der Waals surface area (Å²) in [5.74, 6) is -1.08. The molecule has 0 spiro atoms. The maximum Gasteiger partial charge on any atom is 0.338 e. The van der Waals surface area contributed by atoms with Crippen LogP contribution in [0, 0.1) is 0 Å². The molecular formula is C26H21NO6S. The SMILES string of the molecule is O=C(OCC(=O)c1cc2ccccc2o1)c1ccc(S(=O)(=O)N2CCc3ccccc3C2)cc1. The lowest BCUT2D eigenvalue weighted by atomic mass is 10.0. The van der Waals surface area contributed by atoms with Gasteiger partial charge in [-0.15, -0.1) is 0 Å². The van der Waals surface area contributed by atoms with Crippen LogP contribution >= 0.6 is 0 Å². The summed E-state index contributed by atoms with van der Waals surface area (Å²) in [5, 5.41) is 0.783. The molecule has 1 aliphatic rings. The number of sulfonamides is 1. The first-order valence-electron chi connectivity index (χ1n) is 10.8. The lowest BCUT2D eigenvalue weighted by Crippen LogP contribution is -2.35. The zero-order valence-electron chi connectivity index (χ0n) is 18.1. The van der Waals surface area contributed by atoms with Crippen molar-refractivity contribution in [1.29, 1.82) is 0 Å². The topological polar surface area (TPSA) is 93.9 Å². The van der Waals surface area contributed by atoms with Crippen LogP contribution < -0.4 is 0 Å². The molecule has 1 aromatic heterocycles. The van der Waals surface area contributed by atoms with Crippen LogP contribution in [-0.4, -0.2) is 37.6 Å². The average molecular weight is 476 g/mol. The van der Waals surface area contributed by atoms with E-state index in [4.69, 9.17) is 9.15 Å². The maximum atomic E-state index is 13.1. The summed E-state index contributed by atoms with van der Waals surface area (Å²) in [6, 6.07) is 22.1. The minimum Gasteiger partial charge on any atom is -0.454 e. The summed E-state index contributed by atoms with van der Waals surface area (Å²) >= 11 is 0. The molecule has 7 nitrogen and oxygen atoms in total. The lowest BCUT2D eigenvalue weighted by molar-refractivity contribution is 0.0468. The summed E-state index contributed by atoms with van der Waals surface area (Å²) in [5.41, 5.74) is 2.88. The quantitative estimate of drug-likeness (QED) is 0.306. The van der Waals surface area contributed by atoms with E-state index in [1.807, 2.05) is 36.4 Å². The number of ether oxygens (including phenoxy) is 1. The van der Waals surface area contributed by atoms with Crippen LogP contribution in [0.25, 0.3) is 11.0 Å². The van der Waals surface area contributed by atoms with E-state index in [9.17, 15) is 18.0 Å². The third kappa shape index (κ3) is 4.25. The molecule has 1 aliphatic heterocycles. The Morgan fingerprint density at radius 3 is 2.38 bits per heavy atom. The predicted octanol–water partition coefficient (Wildman–Crippen LogP) is 4.22. The second-order valence-corrected chi connectivity index (χ2v) is 9.97. The fourth-order valence-electron chi connectivity index (χ4n) is 3.99. The van der Waals surface area contributed by atoms with E-state index < -0.39 is 28.4 Å². The van der Waals surface area contributed by atoms with Crippen molar-refractivity contribution in [3.05, 3.63) is 101 Å². The second-order valence-electron chi connectivity index (χ2n) is 8.03. The minimum absolute atomic E-state index is 0.0989. The first-order valence-corrected chi connectivity index (χ1v) is 12.2. The Morgan fingerprint density at radius 2 is 1.62 bits per heavy atom. The van der Waals surface area contributed by atoms with Gasteiger partial charge in [0.15, 0.2) is 12.4 Å². The molecule has 3 aromatic carbocycles. The molecule has 0 atom stereocenters. The summed E-state index contributed by atoms with van der Waals surface area (Å²) < 4.78 is 38.2. The van der Waals surface area contributed by atoms with Gasteiger partial charge in [0.25, 0.3) is 0 Å². The van der Waals surface area contributed by atoms with E-state index in [1.54, 1.807) is 18.2 Å². The molecule has 0 aliphatic carbocycles. The van der Waals surface area contributed by atoms with Crippen LogP contribution in [0.15, 0.2) is 88.2 Å². The monoisotopic (exact) mass is 475 g/mol. The Hall–Kier alpha value is -3.75. The highest BCUT2D eigenvalue weighted by molar-refractivity contribution is 7.89. The van der Waals surface area contributed by atoms with Crippen molar-refractivity contribution in [1.82, 2.24) is 4.31 Å². The molecular weight excluding hydrogens is 454 g/mol. The van der Waals surface area contributed by atoms with E-state index in [0.29, 0.717) is 25.1 Å². The van der Waals surface area contributed by atoms with Crippen LogP contribution in [-0.2, 0) is 27.7 Å². The van der Waals surface area contributed by atoms with Gasteiger partial charge in [0.2, 0.25) is 15.8 Å². The average Bonchev–Trinajstić information content (AvgIpc) is 3.31. The van der Waals surface area contributed by atoms with E-state index in [1.165, 1.54) is 28.6 Å². The number of benzene rings is 3. The van der Waals surface area contributed by atoms with E-state index in [2.05, 4.69) is 0 Å². The fraction of sp³-hybridized carbons (Fsp3) is 0.154. The number of hydrogen-bond donors (Lipinski definition) is 0. The molecule has 0 saturated carbocycles. The number of hydrogen-bond acceptors (Lipinski definition) is 6. The van der Waals surface area contributed by atoms with Gasteiger partial charge < -0.3 is 9.15 Å². The first kappa shape index (κ1) is 22.1. The molecule has 8 heteroatoms. The number of carbonyl (C=O) groups excluding carboxylic acids is 2. The number of fused-ring (bicyclic) bond motifs is 2. The molecule has 34 heavy (non-hydrogen) atoms. The molecule has 0 radical (unpaired) electrons. The van der Waals surface area contributed by atoms with Gasteiger partial charge >= 0.3 is 5.97 Å². The van der Waals surface area contributed by atoms with Gasteiger partial charge in [0.1, 0.15) is 5.58 Å². The van der Waals surface area contributed by atoms with Crippen molar-refractivity contribution in [2.75, 3.05) is 13.2 Å². The van der Waals surface area contributed by atoms with Gasteiger partial charge in [-0.3, -0.25) is 4.79 Å². The van der Waals surface area contributed by atoms with Crippen LogP contribution in [0.4, 0.5) is 0 Å².